The molecule has 0 spiro atoms. The van der Waals surface area contributed by atoms with Crippen LogP contribution in [0.25, 0.3) is 0 Å². The Morgan fingerprint density at radius 3 is 0.717 bits per heavy atom. The standard InChI is InChI=1S/C48H38O12/c49-43(33-19-7-1-8-20-33)55-31-39(57-45(51)35-23-11-3-12-24-35)41(59-47(53)37-27-15-5-16-28-37)42(60-48(54)38-29-17-6-18-30-38)40(58-46(52)36-25-13-4-14-26-36)32-56-44(50)34-21-9-2-10-22-34/h1-30,39-42H,31-32H2/t39-,40-,41-,42+/m1/s1. The van der Waals surface area contributed by atoms with Crippen LogP contribution in [0.4, 0.5) is 0 Å². The summed E-state index contributed by atoms with van der Waals surface area (Å²) >= 11 is 0. The molecule has 0 amide bonds. The number of ether oxygens (including phenoxy) is 6. The van der Waals surface area contributed by atoms with Gasteiger partial charge in [-0.25, -0.2) is 28.8 Å². The fraction of sp³-hybridized carbons (Fsp3) is 0.125. The molecule has 0 fully saturated rings. The molecule has 0 unspecified atom stereocenters. The Balaban J connectivity index is 1.48. The van der Waals surface area contributed by atoms with Crippen LogP contribution in [0.5, 0.6) is 0 Å². The van der Waals surface area contributed by atoms with Gasteiger partial charge in [0.25, 0.3) is 0 Å². The van der Waals surface area contributed by atoms with Gasteiger partial charge in [-0.2, -0.15) is 0 Å². The number of carbonyl (C=O) groups is 6. The molecule has 12 nitrogen and oxygen atoms in total. The quantitative estimate of drug-likeness (QED) is 0.0658. The monoisotopic (exact) mass is 806 g/mol. The lowest BCUT2D eigenvalue weighted by molar-refractivity contribution is -0.138. The van der Waals surface area contributed by atoms with Gasteiger partial charge >= 0.3 is 35.8 Å². The van der Waals surface area contributed by atoms with Crippen molar-refractivity contribution in [3.05, 3.63) is 215 Å². The molecular weight excluding hydrogens is 769 g/mol. The average molecular weight is 807 g/mol. The van der Waals surface area contributed by atoms with Gasteiger partial charge in [0.15, 0.2) is 24.4 Å². The molecule has 0 saturated heterocycles. The molecule has 0 radical (unpaired) electrons. The predicted molar refractivity (Wildman–Crippen MR) is 216 cm³/mol. The third-order valence-electron chi connectivity index (χ3n) is 8.87. The maximum atomic E-state index is 14.0. The second-order valence-corrected chi connectivity index (χ2v) is 13.0. The first kappa shape index (κ1) is 41.8. The lowest BCUT2D eigenvalue weighted by Gasteiger charge is -2.35. The molecular formula is C48H38O12. The lowest BCUT2D eigenvalue weighted by Crippen LogP contribution is -2.54. The van der Waals surface area contributed by atoms with E-state index < -0.39 is 73.4 Å². The van der Waals surface area contributed by atoms with Crippen LogP contribution >= 0.6 is 0 Å². The van der Waals surface area contributed by atoms with Crippen LogP contribution in [-0.2, 0) is 28.4 Å². The fourth-order valence-electron chi connectivity index (χ4n) is 5.82. The van der Waals surface area contributed by atoms with Crippen molar-refractivity contribution >= 4 is 35.8 Å². The van der Waals surface area contributed by atoms with Crippen LogP contribution in [0.1, 0.15) is 62.1 Å². The summed E-state index contributed by atoms with van der Waals surface area (Å²) in [7, 11) is 0. The highest BCUT2D eigenvalue weighted by molar-refractivity contribution is 5.93. The first-order valence-electron chi connectivity index (χ1n) is 18.8. The molecule has 6 aromatic rings. The number of hydrogen-bond acceptors (Lipinski definition) is 12. The number of benzene rings is 6. The highest BCUT2D eigenvalue weighted by Crippen LogP contribution is 2.25. The Labute approximate surface area is 345 Å². The highest BCUT2D eigenvalue weighted by atomic mass is 16.6. The molecule has 6 aromatic carbocycles. The minimum Gasteiger partial charge on any atom is -0.458 e. The Hall–Kier alpha value is -7.86. The van der Waals surface area contributed by atoms with Crippen molar-refractivity contribution in [2.75, 3.05) is 13.2 Å². The van der Waals surface area contributed by atoms with E-state index in [4.69, 9.17) is 28.4 Å². The van der Waals surface area contributed by atoms with Gasteiger partial charge in [-0.1, -0.05) is 109 Å². The van der Waals surface area contributed by atoms with Crippen molar-refractivity contribution < 1.29 is 57.2 Å². The van der Waals surface area contributed by atoms with Gasteiger partial charge in [0.05, 0.1) is 33.4 Å². The predicted octanol–water partition coefficient (Wildman–Crippen LogP) is 7.60. The first-order chi connectivity index (χ1) is 29.3. The lowest BCUT2D eigenvalue weighted by atomic mass is 10.0. The van der Waals surface area contributed by atoms with Crippen LogP contribution in [0.15, 0.2) is 182 Å². The molecule has 12 heteroatoms. The zero-order valence-corrected chi connectivity index (χ0v) is 31.9. The molecule has 0 N–H and O–H groups in total. The van der Waals surface area contributed by atoms with Crippen molar-refractivity contribution in [1.82, 2.24) is 0 Å². The normalized spacial score (nSPS) is 12.6. The zero-order valence-electron chi connectivity index (χ0n) is 31.9. The Morgan fingerprint density at radius 1 is 0.283 bits per heavy atom. The number of rotatable bonds is 17. The van der Waals surface area contributed by atoms with Gasteiger partial charge in [0.2, 0.25) is 0 Å². The third kappa shape index (κ3) is 11.6. The minimum absolute atomic E-state index is 0.0402. The molecule has 0 bridgehead atoms. The van der Waals surface area contributed by atoms with Gasteiger partial charge in [-0.3, -0.25) is 0 Å². The Morgan fingerprint density at radius 2 is 0.483 bits per heavy atom. The summed E-state index contributed by atoms with van der Waals surface area (Å²) in [5.74, 6) is -5.48. The molecule has 60 heavy (non-hydrogen) atoms. The molecule has 0 aliphatic rings. The largest absolute Gasteiger partial charge is 0.458 e. The number of esters is 6. The molecule has 0 aromatic heterocycles. The van der Waals surface area contributed by atoms with E-state index in [2.05, 4.69) is 0 Å². The van der Waals surface area contributed by atoms with Crippen molar-refractivity contribution in [3.8, 4) is 0 Å². The maximum absolute atomic E-state index is 14.0. The van der Waals surface area contributed by atoms with Crippen LogP contribution < -0.4 is 0 Å². The SMILES string of the molecule is O=C(OC[C@@H](OC(=O)c1ccccc1)[C@H](OC(=O)c1ccccc1)[C@H](OC(=O)c1ccccc1)[C@@H](COC(=O)c1ccccc1)OC(=O)c1ccccc1)c1ccccc1. The second-order valence-electron chi connectivity index (χ2n) is 13.0. The summed E-state index contributed by atoms with van der Waals surface area (Å²) in [5, 5.41) is 0. The summed E-state index contributed by atoms with van der Waals surface area (Å²) in [6.45, 7) is -1.52. The van der Waals surface area contributed by atoms with E-state index in [0.29, 0.717) is 0 Å². The molecule has 0 aliphatic carbocycles. The minimum atomic E-state index is -1.91. The Bertz CT molecular complexity index is 2170. The number of carbonyl (C=O) groups excluding carboxylic acids is 6. The Kier molecular flexibility index (Phi) is 14.7. The van der Waals surface area contributed by atoms with Crippen molar-refractivity contribution in [2.24, 2.45) is 0 Å². The van der Waals surface area contributed by atoms with E-state index in [0.717, 1.165) is 0 Å². The van der Waals surface area contributed by atoms with E-state index in [-0.39, 0.29) is 33.4 Å². The zero-order chi connectivity index (χ0) is 42.1. The summed E-state index contributed by atoms with van der Waals surface area (Å²) < 4.78 is 35.6. The van der Waals surface area contributed by atoms with E-state index in [1.54, 1.807) is 109 Å². The molecule has 0 heterocycles. The molecule has 4 atom stereocenters. The van der Waals surface area contributed by atoms with Crippen LogP contribution in [0.3, 0.4) is 0 Å². The smallest absolute Gasteiger partial charge is 0.338 e. The summed E-state index contributed by atoms with van der Waals surface area (Å²) in [4.78, 5) is 82.5. The first-order valence-corrected chi connectivity index (χ1v) is 18.8. The van der Waals surface area contributed by atoms with Gasteiger partial charge < -0.3 is 28.4 Å². The van der Waals surface area contributed by atoms with E-state index >= 15 is 0 Å². The summed E-state index contributed by atoms with van der Waals surface area (Å²) in [6.07, 6.45) is -7.33. The second kappa shape index (κ2) is 21.1. The van der Waals surface area contributed by atoms with Gasteiger partial charge in [-0.05, 0) is 72.8 Å². The summed E-state index contributed by atoms with van der Waals surface area (Å²) in [5.41, 5.74) is 0.534. The van der Waals surface area contributed by atoms with E-state index in [1.165, 1.54) is 72.8 Å². The van der Waals surface area contributed by atoms with Crippen LogP contribution in [0, 0.1) is 0 Å². The van der Waals surface area contributed by atoms with Gasteiger partial charge in [0.1, 0.15) is 13.2 Å². The van der Waals surface area contributed by atoms with E-state index in [1.807, 2.05) is 0 Å². The van der Waals surface area contributed by atoms with Gasteiger partial charge in [-0.15, -0.1) is 0 Å². The highest BCUT2D eigenvalue weighted by Gasteiger charge is 2.46. The maximum Gasteiger partial charge on any atom is 0.338 e. The van der Waals surface area contributed by atoms with Crippen molar-refractivity contribution in [3.63, 3.8) is 0 Å². The number of hydrogen-bond donors (Lipinski definition) is 0. The average Bonchev–Trinajstić information content (AvgIpc) is 3.31. The van der Waals surface area contributed by atoms with Crippen molar-refractivity contribution in [1.29, 1.82) is 0 Å². The van der Waals surface area contributed by atoms with E-state index in [9.17, 15) is 28.8 Å². The topological polar surface area (TPSA) is 158 Å². The van der Waals surface area contributed by atoms with Gasteiger partial charge in [0, 0.05) is 0 Å². The van der Waals surface area contributed by atoms with Crippen molar-refractivity contribution in [2.45, 2.75) is 24.4 Å². The molecule has 0 saturated carbocycles. The molecule has 6 rings (SSSR count). The van der Waals surface area contributed by atoms with Crippen LogP contribution in [0.2, 0.25) is 0 Å². The fourth-order valence-corrected chi connectivity index (χ4v) is 5.82. The van der Waals surface area contributed by atoms with Crippen LogP contribution in [-0.4, -0.2) is 73.4 Å². The summed E-state index contributed by atoms with van der Waals surface area (Å²) in [6, 6.07) is 47.1. The molecule has 0 aliphatic heterocycles. The third-order valence-corrected chi connectivity index (χ3v) is 8.87. The molecule has 302 valence electrons.